The normalized spacial score (nSPS) is 16.5. The van der Waals surface area contributed by atoms with Crippen molar-refractivity contribution < 1.29 is 9.13 Å². The van der Waals surface area contributed by atoms with E-state index in [1.165, 1.54) is 6.07 Å². The Balaban J connectivity index is 1.91. The van der Waals surface area contributed by atoms with Gasteiger partial charge in [-0.05, 0) is 18.9 Å². The lowest BCUT2D eigenvalue weighted by molar-refractivity contribution is 0.0662. The number of rotatable bonds is 2. The van der Waals surface area contributed by atoms with Crippen LogP contribution in [0.25, 0.3) is 11.1 Å². The zero-order valence-corrected chi connectivity index (χ0v) is 11.5. The molecule has 5 nitrogen and oxygen atoms in total. The zero-order chi connectivity index (χ0) is 14.1. The molecule has 3 rings (SSSR count). The molecule has 0 bridgehead atoms. The van der Waals surface area contributed by atoms with Crippen molar-refractivity contribution in [2.45, 2.75) is 18.9 Å². The highest BCUT2D eigenvalue weighted by Gasteiger charge is 2.18. The van der Waals surface area contributed by atoms with E-state index in [0.717, 1.165) is 26.1 Å². The molecule has 1 fully saturated rings. The minimum absolute atomic E-state index is 0.00950. The Kier molecular flexibility index (Phi) is 3.58. The third-order valence-electron chi connectivity index (χ3n) is 3.43. The first-order valence-corrected chi connectivity index (χ1v) is 6.76. The molecule has 0 spiro atoms. The first-order chi connectivity index (χ1) is 9.65. The molecule has 0 amide bonds. The molecule has 1 saturated heterocycles. The maximum atomic E-state index is 13.9. The number of pyridine rings is 1. The van der Waals surface area contributed by atoms with Gasteiger partial charge in [0.1, 0.15) is 5.82 Å². The highest BCUT2D eigenvalue weighted by atomic mass is 35.5. The van der Waals surface area contributed by atoms with Gasteiger partial charge in [0, 0.05) is 30.5 Å². The standard InChI is InChI=1S/C13H14ClFN4O/c14-11-5-10(12(15)18-13(11)16)8-6-17-19(7-8)9-1-3-20-4-2-9/h5-7,9H,1-4H2,(H2,16,18). The Bertz CT molecular complexity index is 625. The molecular formula is C13H14ClFN4O. The van der Waals surface area contributed by atoms with Crippen LogP contribution >= 0.6 is 11.6 Å². The molecule has 1 aliphatic heterocycles. The molecule has 2 N–H and O–H groups in total. The van der Waals surface area contributed by atoms with Crippen LogP contribution in [0.5, 0.6) is 0 Å². The molecule has 7 heteroatoms. The van der Waals surface area contributed by atoms with Crippen LogP contribution in [0.3, 0.4) is 0 Å². The number of hydrogen-bond donors (Lipinski definition) is 1. The molecule has 20 heavy (non-hydrogen) atoms. The van der Waals surface area contributed by atoms with Crippen LogP contribution in [-0.4, -0.2) is 28.0 Å². The lowest BCUT2D eigenvalue weighted by atomic mass is 10.1. The van der Waals surface area contributed by atoms with Crippen LogP contribution in [0.15, 0.2) is 18.5 Å². The maximum absolute atomic E-state index is 13.9. The third-order valence-corrected chi connectivity index (χ3v) is 3.74. The lowest BCUT2D eigenvalue weighted by Crippen LogP contribution is -2.19. The van der Waals surface area contributed by atoms with Gasteiger partial charge in [-0.1, -0.05) is 11.6 Å². The number of ether oxygens (including phenoxy) is 1. The molecule has 0 atom stereocenters. The zero-order valence-electron chi connectivity index (χ0n) is 10.7. The molecule has 3 heterocycles. The summed E-state index contributed by atoms with van der Waals surface area (Å²) in [6, 6.07) is 1.77. The van der Waals surface area contributed by atoms with Gasteiger partial charge in [0.25, 0.3) is 0 Å². The van der Waals surface area contributed by atoms with Crippen LogP contribution < -0.4 is 5.73 Å². The highest BCUT2D eigenvalue weighted by molar-refractivity contribution is 6.33. The first-order valence-electron chi connectivity index (χ1n) is 6.39. The van der Waals surface area contributed by atoms with E-state index in [1.54, 1.807) is 6.20 Å². The predicted molar refractivity (Wildman–Crippen MR) is 73.9 cm³/mol. The van der Waals surface area contributed by atoms with E-state index < -0.39 is 5.95 Å². The summed E-state index contributed by atoms with van der Waals surface area (Å²) in [6.07, 6.45) is 5.24. The van der Waals surface area contributed by atoms with Gasteiger partial charge in [0.05, 0.1) is 17.3 Å². The van der Waals surface area contributed by atoms with Gasteiger partial charge in [-0.15, -0.1) is 0 Å². The van der Waals surface area contributed by atoms with E-state index in [1.807, 2.05) is 10.9 Å². The van der Waals surface area contributed by atoms with Crippen LogP contribution in [0.2, 0.25) is 5.02 Å². The van der Waals surface area contributed by atoms with Crippen LogP contribution in [0.4, 0.5) is 10.2 Å². The second-order valence-electron chi connectivity index (χ2n) is 4.75. The lowest BCUT2D eigenvalue weighted by Gasteiger charge is -2.22. The average molecular weight is 297 g/mol. The minimum Gasteiger partial charge on any atom is -0.382 e. The number of anilines is 1. The highest BCUT2D eigenvalue weighted by Crippen LogP contribution is 2.29. The van der Waals surface area contributed by atoms with Crippen LogP contribution in [-0.2, 0) is 4.74 Å². The van der Waals surface area contributed by atoms with Gasteiger partial charge >= 0.3 is 0 Å². The van der Waals surface area contributed by atoms with Crippen molar-refractivity contribution in [2.24, 2.45) is 0 Å². The second kappa shape index (κ2) is 5.38. The van der Waals surface area contributed by atoms with Gasteiger partial charge in [0.15, 0.2) is 0 Å². The first kappa shape index (κ1) is 13.3. The van der Waals surface area contributed by atoms with E-state index >= 15 is 0 Å². The van der Waals surface area contributed by atoms with E-state index in [0.29, 0.717) is 11.1 Å². The van der Waals surface area contributed by atoms with E-state index in [2.05, 4.69) is 10.1 Å². The Morgan fingerprint density at radius 3 is 2.90 bits per heavy atom. The summed E-state index contributed by atoms with van der Waals surface area (Å²) >= 11 is 5.89. The van der Waals surface area contributed by atoms with Gasteiger partial charge in [-0.25, -0.2) is 4.98 Å². The van der Waals surface area contributed by atoms with Gasteiger partial charge < -0.3 is 10.5 Å². The summed E-state index contributed by atoms with van der Waals surface area (Å²) in [5, 5.41) is 4.54. The fourth-order valence-corrected chi connectivity index (χ4v) is 2.46. The minimum atomic E-state index is -0.640. The summed E-state index contributed by atoms with van der Waals surface area (Å²) in [5.41, 5.74) is 6.42. The SMILES string of the molecule is Nc1nc(F)c(-c2cnn(C3CCOCC3)c2)cc1Cl. The second-order valence-corrected chi connectivity index (χ2v) is 5.15. The molecule has 0 aliphatic carbocycles. The Morgan fingerprint density at radius 2 is 2.15 bits per heavy atom. The van der Waals surface area contributed by atoms with Crippen molar-refractivity contribution in [2.75, 3.05) is 18.9 Å². The van der Waals surface area contributed by atoms with E-state index in [9.17, 15) is 4.39 Å². The molecule has 0 radical (unpaired) electrons. The molecule has 0 unspecified atom stereocenters. The van der Waals surface area contributed by atoms with E-state index in [-0.39, 0.29) is 16.9 Å². The fraction of sp³-hybridized carbons (Fsp3) is 0.385. The molecule has 0 saturated carbocycles. The fourth-order valence-electron chi connectivity index (χ4n) is 2.31. The number of hydrogen-bond acceptors (Lipinski definition) is 4. The number of nitrogen functional groups attached to an aromatic ring is 1. The van der Waals surface area contributed by atoms with E-state index in [4.69, 9.17) is 22.1 Å². The molecule has 2 aromatic rings. The van der Waals surface area contributed by atoms with Crippen molar-refractivity contribution in [3.8, 4) is 11.1 Å². The monoisotopic (exact) mass is 296 g/mol. The number of nitrogens with two attached hydrogens (primary N) is 1. The van der Waals surface area contributed by atoms with Crippen LogP contribution in [0.1, 0.15) is 18.9 Å². The van der Waals surface area contributed by atoms with Crippen molar-refractivity contribution in [3.05, 3.63) is 29.4 Å². The predicted octanol–water partition coefficient (Wildman–Crippen LogP) is 2.67. The number of nitrogens with zero attached hydrogens (tertiary/aromatic N) is 3. The summed E-state index contributed by atoms with van der Waals surface area (Å²) < 4.78 is 21.0. The topological polar surface area (TPSA) is 66.0 Å². The Morgan fingerprint density at radius 1 is 1.40 bits per heavy atom. The molecular weight excluding hydrogens is 283 g/mol. The largest absolute Gasteiger partial charge is 0.382 e. The van der Waals surface area contributed by atoms with Crippen molar-refractivity contribution in [3.63, 3.8) is 0 Å². The Hall–Kier alpha value is -1.66. The van der Waals surface area contributed by atoms with Crippen molar-refractivity contribution in [1.82, 2.24) is 14.8 Å². The molecule has 0 aromatic carbocycles. The van der Waals surface area contributed by atoms with Crippen molar-refractivity contribution >= 4 is 17.4 Å². The third kappa shape index (κ3) is 2.48. The molecule has 1 aliphatic rings. The quantitative estimate of drug-likeness (QED) is 0.865. The average Bonchev–Trinajstić information content (AvgIpc) is 2.93. The van der Waals surface area contributed by atoms with Gasteiger partial charge in [-0.3, -0.25) is 4.68 Å². The number of halogens is 2. The van der Waals surface area contributed by atoms with Crippen LogP contribution in [0, 0.1) is 5.95 Å². The van der Waals surface area contributed by atoms with Gasteiger partial charge in [0.2, 0.25) is 5.95 Å². The molecule has 2 aromatic heterocycles. The number of aromatic nitrogens is 3. The maximum Gasteiger partial charge on any atom is 0.222 e. The van der Waals surface area contributed by atoms with Crippen molar-refractivity contribution in [1.29, 1.82) is 0 Å². The summed E-state index contributed by atoms with van der Waals surface area (Å²) in [7, 11) is 0. The summed E-state index contributed by atoms with van der Waals surface area (Å²) in [5.74, 6) is -0.650. The summed E-state index contributed by atoms with van der Waals surface area (Å²) in [4.78, 5) is 3.59. The Labute approximate surface area is 120 Å². The molecule has 106 valence electrons. The van der Waals surface area contributed by atoms with Gasteiger partial charge in [-0.2, -0.15) is 9.49 Å². The smallest absolute Gasteiger partial charge is 0.222 e. The summed E-state index contributed by atoms with van der Waals surface area (Å²) in [6.45, 7) is 1.45.